The van der Waals surface area contributed by atoms with Crippen LogP contribution in [0.4, 0.5) is 8.78 Å². The van der Waals surface area contributed by atoms with Gasteiger partial charge in [0.25, 0.3) is 6.43 Å². The third-order valence-electron chi connectivity index (χ3n) is 2.90. The molecule has 0 saturated heterocycles. The number of alkyl halides is 2. The van der Waals surface area contributed by atoms with Gasteiger partial charge >= 0.3 is 0 Å². The minimum absolute atomic E-state index is 0.131. The maximum absolute atomic E-state index is 12.1. The minimum Gasteiger partial charge on any atom is -0.494 e. The van der Waals surface area contributed by atoms with Gasteiger partial charge in [-0.1, -0.05) is 13.0 Å². The van der Waals surface area contributed by atoms with Gasteiger partial charge in [-0.05, 0) is 38.1 Å². The highest BCUT2D eigenvalue weighted by atomic mass is 19.3. The topological polar surface area (TPSA) is 30.5 Å². The third-order valence-corrected chi connectivity index (χ3v) is 2.90. The number of hydrogen-bond donors (Lipinski definition) is 1. The number of ether oxygens (including phenoxy) is 2. The lowest BCUT2D eigenvalue weighted by Gasteiger charge is -2.17. The van der Waals surface area contributed by atoms with E-state index >= 15 is 0 Å². The summed E-state index contributed by atoms with van der Waals surface area (Å²) in [7, 11) is 0. The van der Waals surface area contributed by atoms with E-state index in [0.717, 1.165) is 17.7 Å². The van der Waals surface area contributed by atoms with Crippen LogP contribution in [-0.4, -0.2) is 26.2 Å². The summed E-state index contributed by atoms with van der Waals surface area (Å²) in [6.07, 6.45) is -2.45. The smallest absolute Gasteiger partial charge is 0.261 e. The molecule has 0 aliphatic rings. The highest BCUT2D eigenvalue weighted by Crippen LogP contribution is 2.24. The van der Waals surface area contributed by atoms with E-state index in [1.54, 1.807) is 0 Å². The van der Waals surface area contributed by atoms with Crippen LogP contribution in [0.3, 0.4) is 0 Å². The van der Waals surface area contributed by atoms with Crippen molar-refractivity contribution in [2.75, 3.05) is 19.8 Å². The van der Waals surface area contributed by atoms with Crippen LogP contribution in [0, 0.1) is 0 Å². The molecule has 0 bridgehead atoms. The molecule has 0 heterocycles. The summed E-state index contributed by atoms with van der Waals surface area (Å²) in [5, 5.41) is 3.31. The quantitative estimate of drug-likeness (QED) is 0.753. The molecule has 0 saturated carbocycles. The van der Waals surface area contributed by atoms with Crippen molar-refractivity contribution >= 4 is 0 Å². The zero-order chi connectivity index (χ0) is 15.0. The fourth-order valence-electron chi connectivity index (χ4n) is 1.96. The first-order chi connectivity index (χ1) is 9.58. The summed E-state index contributed by atoms with van der Waals surface area (Å²) in [5.74, 6) is 0.689. The van der Waals surface area contributed by atoms with E-state index in [4.69, 9.17) is 9.47 Å². The fraction of sp³-hybridized carbons (Fsp3) is 0.600. The fourth-order valence-corrected chi connectivity index (χ4v) is 1.96. The molecule has 1 atom stereocenters. The van der Waals surface area contributed by atoms with Crippen LogP contribution >= 0.6 is 0 Å². The largest absolute Gasteiger partial charge is 0.494 e. The van der Waals surface area contributed by atoms with E-state index in [0.29, 0.717) is 12.4 Å². The van der Waals surface area contributed by atoms with Gasteiger partial charge in [0, 0.05) is 11.6 Å². The van der Waals surface area contributed by atoms with Crippen LogP contribution < -0.4 is 10.1 Å². The number of hydrogen-bond acceptors (Lipinski definition) is 3. The summed E-state index contributed by atoms with van der Waals surface area (Å²) >= 11 is 0. The first-order valence-electron chi connectivity index (χ1n) is 6.93. The molecule has 114 valence electrons. The van der Waals surface area contributed by atoms with Gasteiger partial charge in [-0.3, -0.25) is 0 Å². The lowest BCUT2D eigenvalue weighted by atomic mass is 10.0. The lowest BCUT2D eigenvalue weighted by Crippen LogP contribution is -2.18. The molecule has 0 fully saturated rings. The van der Waals surface area contributed by atoms with Crippen LogP contribution in [0.5, 0.6) is 5.75 Å². The van der Waals surface area contributed by atoms with Gasteiger partial charge in [-0.2, -0.15) is 0 Å². The number of benzene rings is 1. The van der Waals surface area contributed by atoms with Crippen LogP contribution in [0.15, 0.2) is 18.2 Å². The summed E-state index contributed by atoms with van der Waals surface area (Å²) in [5.41, 5.74) is 1.89. The van der Waals surface area contributed by atoms with Crippen LogP contribution in [0.1, 0.15) is 37.9 Å². The summed E-state index contributed by atoms with van der Waals surface area (Å²) in [6, 6.07) is 6.00. The van der Waals surface area contributed by atoms with Gasteiger partial charge in [0.2, 0.25) is 0 Å². The molecule has 0 aromatic heterocycles. The Morgan fingerprint density at radius 2 is 2.00 bits per heavy atom. The molecule has 20 heavy (non-hydrogen) atoms. The molecule has 0 aliphatic heterocycles. The van der Waals surface area contributed by atoms with E-state index in [1.165, 1.54) is 0 Å². The molecule has 1 aromatic rings. The van der Waals surface area contributed by atoms with E-state index < -0.39 is 13.0 Å². The van der Waals surface area contributed by atoms with Crippen LogP contribution in [0.25, 0.3) is 0 Å². The Bertz CT molecular complexity index is 399. The average Bonchev–Trinajstić information content (AvgIpc) is 2.40. The molecule has 0 amide bonds. The second kappa shape index (κ2) is 8.87. The standard InChI is InChI=1S/C15H23F2NO2/c1-4-18-11(3)12-6-7-14(20-5-2)13(8-12)9-19-10-15(16)17/h6-8,11,15,18H,4-5,9-10H2,1-3H3. The monoisotopic (exact) mass is 287 g/mol. The van der Waals surface area contributed by atoms with Crippen molar-refractivity contribution in [3.05, 3.63) is 29.3 Å². The molecule has 3 nitrogen and oxygen atoms in total. The highest BCUT2D eigenvalue weighted by Gasteiger charge is 2.11. The Morgan fingerprint density at radius 1 is 1.25 bits per heavy atom. The number of rotatable bonds is 9. The Morgan fingerprint density at radius 3 is 2.60 bits per heavy atom. The average molecular weight is 287 g/mol. The first kappa shape index (κ1) is 16.9. The Balaban J connectivity index is 2.81. The van der Waals surface area contributed by atoms with Crippen molar-refractivity contribution in [2.45, 2.75) is 39.8 Å². The van der Waals surface area contributed by atoms with Gasteiger partial charge in [0.15, 0.2) is 0 Å². The first-order valence-corrected chi connectivity index (χ1v) is 6.93. The van der Waals surface area contributed by atoms with Gasteiger partial charge in [0.1, 0.15) is 12.4 Å². The van der Waals surface area contributed by atoms with Gasteiger partial charge in [-0.25, -0.2) is 8.78 Å². The summed E-state index contributed by atoms with van der Waals surface area (Å²) in [6.45, 7) is 6.96. The minimum atomic E-state index is -2.45. The molecule has 0 aliphatic carbocycles. The van der Waals surface area contributed by atoms with E-state index in [9.17, 15) is 8.78 Å². The van der Waals surface area contributed by atoms with Gasteiger partial charge in [-0.15, -0.1) is 0 Å². The summed E-state index contributed by atoms with van der Waals surface area (Å²) < 4.78 is 34.8. The van der Waals surface area contributed by atoms with Crippen LogP contribution in [-0.2, 0) is 11.3 Å². The van der Waals surface area contributed by atoms with Gasteiger partial charge < -0.3 is 14.8 Å². The van der Waals surface area contributed by atoms with E-state index in [1.807, 2.05) is 32.0 Å². The predicted octanol–water partition coefficient (Wildman–Crippen LogP) is 3.54. The van der Waals surface area contributed by atoms with E-state index in [-0.39, 0.29) is 12.6 Å². The van der Waals surface area contributed by atoms with Crippen molar-refractivity contribution in [1.82, 2.24) is 5.32 Å². The molecule has 1 rings (SSSR count). The third kappa shape index (κ3) is 5.43. The molecular formula is C15H23F2NO2. The molecule has 1 N–H and O–H groups in total. The van der Waals surface area contributed by atoms with E-state index in [2.05, 4.69) is 12.2 Å². The van der Waals surface area contributed by atoms with Gasteiger partial charge in [0.05, 0.1) is 13.2 Å². The predicted molar refractivity (Wildman–Crippen MR) is 75.4 cm³/mol. The van der Waals surface area contributed by atoms with Crippen molar-refractivity contribution in [3.8, 4) is 5.75 Å². The Hall–Kier alpha value is -1.20. The zero-order valence-corrected chi connectivity index (χ0v) is 12.3. The number of nitrogens with one attached hydrogen (secondary N) is 1. The van der Waals surface area contributed by atoms with Crippen molar-refractivity contribution in [1.29, 1.82) is 0 Å². The lowest BCUT2D eigenvalue weighted by molar-refractivity contribution is 0.00919. The molecule has 0 radical (unpaired) electrons. The molecular weight excluding hydrogens is 264 g/mol. The molecule has 1 unspecified atom stereocenters. The second-order valence-electron chi connectivity index (χ2n) is 4.49. The maximum Gasteiger partial charge on any atom is 0.261 e. The Labute approximate surface area is 119 Å². The Kier molecular flexibility index (Phi) is 7.47. The maximum atomic E-state index is 12.1. The van der Waals surface area contributed by atoms with Crippen molar-refractivity contribution in [3.63, 3.8) is 0 Å². The molecule has 5 heteroatoms. The number of halogens is 2. The zero-order valence-electron chi connectivity index (χ0n) is 12.3. The van der Waals surface area contributed by atoms with Crippen molar-refractivity contribution < 1.29 is 18.3 Å². The molecule has 1 aromatic carbocycles. The SMILES string of the molecule is CCNC(C)c1ccc(OCC)c(COCC(F)F)c1. The molecule has 0 spiro atoms. The highest BCUT2D eigenvalue weighted by molar-refractivity contribution is 5.38. The normalized spacial score (nSPS) is 12.7. The van der Waals surface area contributed by atoms with Crippen LogP contribution in [0.2, 0.25) is 0 Å². The van der Waals surface area contributed by atoms with Crippen molar-refractivity contribution in [2.24, 2.45) is 0 Å². The second-order valence-corrected chi connectivity index (χ2v) is 4.49. The summed E-state index contributed by atoms with van der Waals surface area (Å²) in [4.78, 5) is 0.